The van der Waals surface area contributed by atoms with E-state index in [1.54, 1.807) is 0 Å². The van der Waals surface area contributed by atoms with Gasteiger partial charge in [-0.25, -0.2) is 0 Å². The molecule has 0 heterocycles. The standard InChI is InChI=1S/C20H26N4/c1-20(2,3)18-11-9-17(10-12-18)19(15-23-24-21)22-14-13-16-7-5-4-6-8-16/h4-12,19,22H,13-15H2,1-3H3. The lowest BCUT2D eigenvalue weighted by Crippen LogP contribution is -2.26. The molecule has 0 bridgehead atoms. The molecule has 4 nitrogen and oxygen atoms in total. The minimum absolute atomic E-state index is 0.0404. The number of nitrogens with one attached hydrogen (secondary N) is 1. The van der Waals surface area contributed by atoms with E-state index in [9.17, 15) is 0 Å². The topological polar surface area (TPSA) is 60.8 Å². The average molecular weight is 322 g/mol. The van der Waals surface area contributed by atoms with E-state index < -0.39 is 0 Å². The van der Waals surface area contributed by atoms with Crippen molar-refractivity contribution in [3.8, 4) is 0 Å². The molecule has 24 heavy (non-hydrogen) atoms. The van der Waals surface area contributed by atoms with E-state index in [0.717, 1.165) is 18.5 Å². The molecule has 0 aliphatic heterocycles. The Morgan fingerprint density at radius 1 is 1.04 bits per heavy atom. The van der Waals surface area contributed by atoms with Gasteiger partial charge in [0.05, 0.1) is 0 Å². The summed E-state index contributed by atoms with van der Waals surface area (Å²) < 4.78 is 0. The second-order valence-electron chi connectivity index (χ2n) is 7.03. The second kappa shape index (κ2) is 8.53. The van der Waals surface area contributed by atoms with Crippen LogP contribution in [0.1, 0.15) is 43.5 Å². The number of azide groups is 1. The normalized spacial score (nSPS) is 12.5. The van der Waals surface area contributed by atoms with Gasteiger partial charge < -0.3 is 5.32 Å². The van der Waals surface area contributed by atoms with Gasteiger partial charge >= 0.3 is 0 Å². The van der Waals surface area contributed by atoms with Crippen LogP contribution in [0.15, 0.2) is 59.7 Å². The predicted octanol–water partition coefficient (Wildman–Crippen LogP) is 5.17. The van der Waals surface area contributed by atoms with Crippen LogP contribution in [0.4, 0.5) is 0 Å². The summed E-state index contributed by atoms with van der Waals surface area (Å²) in [5, 5.41) is 7.28. The van der Waals surface area contributed by atoms with Crippen molar-refractivity contribution in [2.45, 2.75) is 38.6 Å². The van der Waals surface area contributed by atoms with Gasteiger partial charge in [0.1, 0.15) is 0 Å². The van der Waals surface area contributed by atoms with Gasteiger partial charge in [0.25, 0.3) is 0 Å². The Morgan fingerprint density at radius 3 is 2.29 bits per heavy atom. The predicted molar refractivity (Wildman–Crippen MR) is 100 cm³/mol. The highest BCUT2D eigenvalue weighted by Gasteiger charge is 2.15. The van der Waals surface area contributed by atoms with Crippen molar-refractivity contribution < 1.29 is 0 Å². The Kier molecular flexibility index (Phi) is 6.42. The lowest BCUT2D eigenvalue weighted by Gasteiger charge is -2.22. The third-order valence-electron chi connectivity index (χ3n) is 4.15. The molecule has 0 fully saturated rings. The van der Waals surface area contributed by atoms with Gasteiger partial charge in [-0.2, -0.15) is 0 Å². The summed E-state index contributed by atoms with van der Waals surface area (Å²) >= 11 is 0. The van der Waals surface area contributed by atoms with Crippen LogP contribution >= 0.6 is 0 Å². The molecule has 0 aliphatic rings. The van der Waals surface area contributed by atoms with E-state index in [1.165, 1.54) is 11.1 Å². The number of hydrogen-bond donors (Lipinski definition) is 1. The molecule has 0 radical (unpaired) electrons. The first-order valence-corrected chi connectivity index (χ1v) is 8.39. The maximum Gasteiger partial charge on any atom is 0.0453 e. The van der Waals surface area contributed by atoms with E-state index in [4.69, 9.17) is 5.53 Å². The van der Waals surface area contributed by atoms with Crippen LogP contribution in [0.25, 0.3) is 10.4 Å². The molecule has 0 aliphatic carbocycles. The minimum Gasteiger partial charge on any atom is -0.309 e. The molecule has 0 saturated carbocycles. The van der Waals surface area contributed by atoms with Crippen molar-refractivity contribution in [2.75, 3.05) is 13.1 Å². The van der Waals surface area contributed by atoms with Gasteiger partial charge in [-0.3, -0.25) is 0 Å². The number of hydrogen-bond acceptors (Lipinski definition) is 2. The van der Waals surface area contributed by atoms with E-state index in [1.807, 2.05) is 6.07 Å². The van der Waals surface area contributed by atoms with Crippen LogP contribution in [-0.4, -0.2) is 13.1 Å². The maximum absolute atomic E-state index is 8.65. The van der Waals surface area contributed by atoms with Crippen molar-refractivity contribution in [1.29, 1.82) is 0 Å². The zero-order valence-corrected chi connectivity index (χ0v) is 14.7. The molecule has 126 valence electrons. The van der Waals surface area contributed by atoms with E-state index >= 15 is 0 Å². The van der Waals surface area contributed by atoms with Gasteiger partial charge in [0.15, 0.2) is 0 Å². The van der Waals surface area contributed by atoms with E-state index in [2.05, 4.69) is 84.6 Å². The van der Waals surface area contributed by atoms with Crippen LogP contribution in [0, 0.1) is 0 Å². The molecule has 1 N–H and O–H groups in total. The smallest absolute Gasteiger partial charge is 0.0453 e. The Bertz CT molecular complexity index is 665. The quantitative estimate of drug-likeness (QED) is 0.427. The van der Waals surface area contributed by atoms with Crippen LogP contribution in [0.5, 0.6) is 0 Å². The van der Waals surface area contributed by atoms with Crippen LogP contribution < -0.4 is 5.32 Å². The largest absolute Gasteiger partial charge is 0.309 e. The number of benzene rings is 2. The molecular weight excluding hydrogens is 296 g/mol. The molecule has 2 rings (SSSR count). The second-order valence-corrected chi connectivity index (χ2v) is 7.03. The Hall–Kier alpha value is -2.29. The summed E-state index contributed by atoms with van der Waals surface area (Å²) in [7, 11) is 0. The van der Waals surface area contributed by atoms with Crippen molar-refractivity contribution >= 4 is 0 Å². The lowest BCUT2D eigenvalue weighted by molar-refractivity contribution is 0.542. The zero-order chi connectivity index (χ0) is 17.4. The molecular formula is C20H26N4. The highest BCUT2D eigenvalue weighted by molar-refractivity contribution is 5.29. The molecule has 4 heteroatoms. The Morgan fingerprint density at radius 2 is 1.71 bits per heavy atom. The van der Waals surface area contributed by atoms with Crippen LogP contribution in [0.2, 0.25) is 0 Å². The van der Waals surface area contributed by atoms with Crippen LogP contribution in [-0.2, 0) is 11.8 Å². The van der Waals surface area contributed by atoms with Gasteiger partial charge in [-0.1, -0.05) is 80.5 Å². The molecule has 0 aromatic heterocycles. The highest BCUT2D eigenvalue weighted by atomic mass is 15.1. The van der Waals surface area contributed by atoms with Gasteiger partial charge in [-0.05, 0) is 40.6 Å². The third kappa shape index (κ3) is 5.41. The fraction of sp³-hybridized carbons (Fsp3) is 0.400. The first-order chi connectivity index (χ1) is 11.5. The van der Waals surface area contributed by atoms with Crippen LogP contribution in [0.3, 0.4) is 0 Å². The molecule has 0 spiro atoms. The third-order valence-corrected chi connectivity index (χ3v) is 4.15. The molecule has 2 aromatic carbocycles. The summed E-state index contributed by atoms with van der Waals surface area (Å²) in [6, 6.07) is 19.0. The fourth-order valence-corrected chi connectivity index (χ4v) is 2.66. The first-order valence-electron chi connectivity index (χ1n) is 8.39. The summed E-state index contributed by atoms with van der Waals surface area (Å²) in [6.07, 6.45) is 0.952. The number of nitrogens with zero attached hydrogens (tertiary/aromatic N) is 3. The minimum atomic E-state index is 0.0404. The van der Waals surface area contributed by atoms with E-state index in [-0.39, 0.29) is 11.5 Å². The zero-order valence-electron chi connectivity index (χ0n) is 14.7. The monoisotopic (exact) mass is 322 g/mol. The highest BCUT2D eigenvalue weighted by Crippen LogP contribution is 2.24. The fourth-order valence-electron chi connectivity index (χ4n) is 2.66. The molecule has 1 unspecified atom stereocenters. The van der Waals surface area contributed by atoms with E-state index in [0.29, 0.717) is 6.54 Å². The summed E-state index contributed by atoms with van der Waals surface area (Å²) in [5.41, 5.74) is 12.5. The summed E-state index contributed by atoms with van der Waals surface area (Å²) in [5.74, 6) is 0. The Balaban J connectivity index is 2.03. The van der Waals surface area contributed by atoms with Crippen molar-refractivity contribution in [1.82, 2.24) is 5.32 Å². The van der Waals surface area contributed by atoms with Gasteiger partial charge in [0, 0.05) is 17.5 Å². The maximum atomic E-state index is 8.65. The number of rotatable bonds is 7. The molecule has 1 atom stereocenters. The lowest BCUT2D eigenvalue weighted by atomic mass is 9.86. The SMILES string of the molecule is CC(C)(C)c1ccc(C(CN=[N+]=[N-])NCCc2ccccc2)cc1. The molecule has 2 aromatic rings. The van der Waals surface area contributed by atoms with Crippen molar-refractivity contribution in [3.63, 3.8) is 0 Å². The Labute approximate surface area is 144 Å². The average Bonchev–Trinajstić information content (AvgIpc) is 2.58. The summed E-state index contributed by atoms with van der Waals surface area (Å²) in [6.45, 7) is 7.88. The van der Waals surface area contributed by atoms with Crippen molar-refractivity contribution in [2.24, 2.45) is 5.11 Å². The van der Waals surface area contributed by atoms with Crippen molar-refractivity contribution in [3.05, 3.63) is 81.7 Å². The summed E-state index contributed by atoms with van der Waals surface area (Å²) in [4.78, 5) is 2.91. The van der Waals surface area contributed by atoms with Gasteiger partial charge in [-0.15, -0.1) is 0 Å². The molecule has 0 amide bonds. The van der Waals surface area contributed by atoms with Gasteiger partial charge in [0.2, 0.25) is 0 Å². The molecule has 0 saturated heterocycles. The first kappa shape index (κ1) is 18.1.